The molecule has 3 atom stereocenters. The first-order valence-electron chi connectivity index (χ1n) is 20.8. The van der Waals surface area contributed by atoms with Gasteiger partial charge in [0, 0.05) is 47.1 Å². The van der Waals surface area contributed by atoms with Gasteiger partial charge < -0.3 is 20.6 Å². The van der Waals surface area contributed by atoms with Gasteiger partial charge in [0.25, 0.3) is 25.8 Å². The van der Waals surface area contributed by atoms with E-state index in [9.17, 15) is 53.1 Å². The molecule has 5 aromatic rings. The van der Waals surface area contributed by atoms with E-state index in [-0.39, 0.29) is 17.5 Å². The highest BCUT2D eigenvalue weighted by Gasteiger charge is 2.48. The number of carbonyl (C=O) groups is 1. The monoisotopic (exact) mass is 960 g/mol. The maximum atomic E-state index is 14.1. The lowest BCUT2D eigenvalue weighted by Gasteiger charge is -2.36. The molecule has 2 unspecified atom stereocenters. The van der Waals surface area contributed by atoms with Crippen molar-refractivity contribution in [2.75, 3.05) is 35.6 Å². The molecule has 2 heterocycles. The Morgan fingerprint density at radius 2 is 1.48 bits per heavy atom. The second-order valence-electron chi connectivity index (χ2n) is 16.0. The summed E-state index contributed by atoms with van der Waals surface area (Å²) in [7, 11) is -11.0. The first kappa shape index (κ1) is 47.9. The smallest absolute Gasteiger partial charge is 0.388 e. The summed E-state index contributed by atoms with van der Waals surface area (Å²) in [4.78, 5) is 14.0. The van der Waals surface area contributed by atoms with Gasteiger partial charge in [-0.3, -0.25) is 4.79 Å². The standard InChI is InChI=1S/C46H46F6N4O6S3/c47-45(48,49)33-16-12-30(13-17-33)39-10-4-5-11-40(39)43(57)31-22-25-56(26-23-31)36-18-14-32(15-19-36)44(58)55-65(61,62)38-20-21-41(42(28-38)64(59,60)46(50,51)52)54-35(27-34-7-6-24-53-34)29-63-37-8-2-1-3-9-37/h1-5,8-21,28,31,34-35,43,53-54,57H,6-7,22-27,29H2,(H,55,58)/t34?,35?,43-/m1/s1. The highest BCUT2D eigenvalue weighted by molar-refractivity contribution is 7.99. The summed E-state index contributed by atoms with van der Waals surface area (Å²) in [6.07, 6.45) is -2.10. The topological polar surface area (TPSA) is 145 Å². The molecule has 2 saturated heterocycles. The van der Waals surface area contributed by atoms with Crippen LogP contribution in [-0.2, 0) is 26.0 Å². The van der Waals surface area contributed by atoms with Gasteiger partial charge in [0.2, 0.25) is 0 Å². The Kier molecular flexibility index (Phi) is 14.6. The minimum absolute atomic E-state index is 0.0314. The number of sulfone groups is 1. The summed E-state index contributed by atoms with van der Waals surface area (Å²) in [5.41, 5.74) is -4.61. The van der Waals surface area contributed by atoms with Crippen molar-refractivity contribution in [3.8, 4) is 11.1 Å². The number of thioether (sulfide) groups is 1. The fourth-order valence-electron chi connectivity index (χ4n) is 8.19. The maximum absolute atomic E-state index is 14.1. The van der Waals surface area contributed by atoms with E-state index in [0.29, 0.717) is 66.5 Å². The molecule has 0 saturated carbocycles. The molecule has 5 aromatic carbocycles. The first-order valence-corrected chi connectivity index (χ1v) is 24.8. The first-order chi connectivity index (χ1) is 30.8. The number of aliphatic hydroxyl groups is 1. The molecule has 0 bridgehead atoms. The molecule has 346 valence electrons. The van der Waals surface area contributed by atoms with Crippen LogP contribution in [-0.4, -0.2) is 70.8 Å². The van der Waals surface area contributed by atoms with Gasteiger partial charge in [0.1, 0.15) is 4.90 Å². The third kappa shape index (κ3) is 11.5. The number of aliphatic hydroxyl groups excluding tert-OH is 1. The summed E-state index contributed by atoms with van der Waals surface area (Å²) in [5, 5.41) is 17.8. The van der Waals surface area contributed by atoms with Crippen molar-refractivity contribution in [2.24, 2.45) is 5.92 Å². The zero-order valence-corrected chi connectivity index (χ0v) is 37.1. The van der Waals surface area contributed by atoms with Gasteiger partial charge in [-0.2, -0.15) is 26.3 Å². The van der Waals surface area contributed by atoms with Gasteiger partial charge in [0.05, 0.1) is 22.3 Å². The van der Waals surface area contributed by atoms with E-state index in [4.69, 9.17) is 0 Å². The third-order valence-electron chi connectivity index (χ3n) is 11.7. The number of piperidine rings is 1. The molecule has 19 heteroatoms. The van der Waals surface area contributed by atoms with Gasteiger partial charge in [-0.1, -0.05) is 54.6 Å². The molecule has 0 spiro atoms. The van der Waals surface area contributed by atoms with Crippen LogP contribution in [0.2, 0.25) is 0 Å². The number of nitrogens with one attached hydrogen (secondary N) is 3. The number of anilines is 2. The van der Waals surface area contributed by atoms with Crippen molar-refractivity contribution in [1.29, 1.82) is 0 Å². The van der Waals surface area contributed by atoms with Gasteiger partial charge in [-0.05, 0) is 128 Å². The summed E-state index contributed by atoms with van der Waals surface area (Å²) >= 11 is 1.43. The quantitative estimate of drug-likeness (QED) is 0.0592. The molecule has 2 fully saturated rings. The summed E-state index contributed by atoms with van der Waals surface area (Å²) < 4.78 is 137. The van der Waals surface area contributed by atoms with E-state index in [1.165, 1.54) is 36.0 Å². The van der Waals surface area contributed by atoms with Crippen LogP contribution in [0, 0.1) is 5.92 Å². The van der Waals surface area contributed by atoms with E-state index in [1.54, 1.807) is 36.4 Å². The third-order valence-corrected chi connectivity index (χ3v) is 15.7. The van der Waals surface area contributed by atoms with Gasteiger partial charge >= 0.3 is 11.7 Å². The lowest BCUT2D eigenvalue weighted by Crippen LogP contribution is -2.36. The number of benzene rings is 5. The number of rotatable bonds is 15. The fraction of sp³-hybridized carbons (Fsp3) is 0.326. The number of alkyl halides is 6. The average Bonchev–Trinajstić information content (AvgIpc) is 3.81. The van der Waals surface area contributed by atoms with Gasteiger partial charge in [-0.25, -0.2) is 21.6 Å². The second-order valence-corrected chi connectivity index (χ2v) is 20.7. The molecule has 0 aromatic heterocycles. The Morgan fingerprint density at radius 3 is 2.11 bits per heavy atom. The molecule has 2 aliphatic heterocycles. The Morgan fingerprint density at radius 1 is 0.815 bits per heavy atom. The Bertz CT molecular complexity index is 2660. The predicted octanol–water partition coefficient (Wildman–Crippen LogP) is 9.45. The number of sulfonamides is 1. The van der Waals surface area contributed by atoms with Crippen LogP contribution < -0.4 is 20.3 Å². The van der Waals surface area contributed by atoms with Crippen LogP contribution in [0.1, 0.15) is 59.7 Å². The van der Waals surface area contributed by atoms with Crippen molar-refractivity contribution in [3.63, 3.8) is 0 Å². The normalized spacial score (nSPS) is 17.4. The highest BCUT2D eigenvalue weighted by Crippen LogP contribution is 2.40. The minimum atomic E-state index is -6.08. The Balaban J connectivity index is 1.02. The van der Waals surface area contributed by atoms with E-state index in [0.717, 1.165) is 48.5 Å². The molecule has 2 aliphatic rings. The van der Waals surface area contributed by atoms with Crippen LogP contribution >= 0.6 is 11.8 Å². The lowest BCUT2D eigenvalue weighted by molar-refractivity contribution is -0.137. The minimum Gasteiger partial charge on any atom is -0.388 e. The summed E-state index contributed by atoms with van der Waals surface area (Å²) in [6.45, 7) is 1.77. The molecule has 10 nitrogen and oxygen atoms in total. The molecule has 0 aliphatic carbocycles. The van der Waals surface area contributed by atoms with Gasteiger partial charge in [-0.15, -0.1) is 11.8 Å². The molecular formula is C46H46F6N4O6S3. The van der Waals surface area contributed by atoms with Crippen molar-refractivity contribution in [1.82, 2.24) is 10.0 Å². The number of amides is 1. The van der Waals surface area contributed by atoms with Crippen molar-refractivity contribution in [2.45, 2.75) is 76.7 Å². The van der Waals surface area contributed by atoms with Crippen LogP contribution in [0.15, 0.2) is 136 Å². The largest absolute Gasteiger partial charge is 0.501 e. The molecular weight excluding hydrogens is 915 g/mol. The van der Waals surface area contributed by atoms with E-state index >= 15 is 0 Å². The number of carbonyl (C=O) groups excluding carboxylic acids is 1. The average molecular weight is 961 g/mol. The number of nitrogens with zero attached hydrogens (tertiary/aromatic N) is 1. The zero-order chi connectivity index (χ0) is 46.6. The molecule has 4 N–H and O–H groups in total. The fourth-order valence-corrected chi connectivity index (χ4v) is 11.2. The molecule has 0 radical (unpaired) electrons. The van der Waals surface area contributed by atoms with Crippen molar-refractivity contribution in [3.05, 3.63) is 138 Å². The Labute approximate surface area is 377 Å². The van der Waals surface area contributed by atoms with Crippen LogP contribution in [0.25, 0.3) is 11.1 Å². The van der Waals surface area contributed by atoms with E-state index < -0.39 is 70.6 Å². The summed E-state index contributed by atoms with van der Waals surface area (Å²) in [6, 6.07) is 28.8. The number of hydrogen-bond donors (Lipinski definition) is 4. The van der Waals surface area contributed by atoms with Crippen molar-refractivity contribution >= 4 is 48.9 Å². The van der Waals surface area contributed by atoms with Crippen LogP contribution in [0.4, 0.5) is 37.7 Å². The SMILES string of the molecule is O=C(NS(=O)(=O)c1ccc(NC(CSc2ccccc2)CC2CCCN2)c(S(=O)(=O)C(F)(F)F)c1)c1ccc(N2CCC([C@@H](O)c3ccccc3-c3ccc(C(F)(F)F)cc3)CC2)cc1. The second kappa shape index (κ2) is 19.8. The number of halogens is 6. The number of hydrogen-bond acceptors (Lipinski definition) is 10. The van der Waals surface area contributed by atoms with E-state index in [2.05, 4.69) is 10.6 Å². The maximum Gasteiger partial charge on any atom is 0.501 e. The van der Waals surface area contributed by atoms with Crippen LogP contribution in [0.3, 0.4) is 0 Å². The van der Waals surface area contributed by atoms with E-state index in [1.807, 2.05) is 40.0 Å². The van der Waals surface area contributed by atoms with Gasteiger partial charge in [0.15, 0.2) is 0 Å². The lowest BCUT2D eigenvalue weighted by atomic mass is 9.84. The summed E-state index contributed by atoms with van der Waals surface area (Å²) in [5.74, 6) is -0.923. The highest BCUT2D eigenvalue weighted by atomic mass is 32.2. The zero-order valence-electron chi connectivity index (χ0n) is 34.6. The Hall–Kier alpha value is -5.08. The van der Waals surface area contributed by atoms with Crippen LogP contribution in [0.5, 0.6) is 0 Å². The predicted molar refractivity (Wildman–Crippen MR) is 238 cm³/mol. The molecule has 65 heavy (non-hydrogen) atoms. The molecule has 7 rings (SSSR count). The molecule has 1 amide bonds. The van der Waals surface area contributed by atoms with Crippen molar-refractivity contribution < 1.29 is 53.1 Å².